The molecule has 2 nitrogen and oxygen atoms in total. The van der Waals surface area contributed by atoms with Crippen LogP contribution in [0.3, 0.4) is 0 Å². The van der Waals surface area contributed by atoms with E-state index in [0.717, 1.165) is 29.9 Å². The zero-order valence-electron chi connectivity index (χ0n) is 13.3. The minimum absolute atomic E-state index is 0.234. The van der Waals surface area contributed by atoms with Crippen LogP contribution in [0.1, 0.15) is 24.8 Å². The van der Waals surface area contributed by atoms with Gasteiger partial charge in [0.2, 0.25) is 0 Å². The van der Waals surface area contributed by atoms with E-state index in [4.69, 9.17) is 16.3 Å². The molecule has 0 aromatic heterocycles. The smallest absolute Gasteiger partial charge is 0.131 e. The quantitative estimate of drug-likeness (QED) is 0.710. The fourth-order valence-electron chi connectivity index (χ4n) is 3.12. The molecule has 0 radical (unpaired) electrons. The van der Waals surface area contributed by atoms with Crippen molar-refractivity contribution in [2.45, 2.75) is 25.1 Å². The van der Waals surface area contributed by atoms with Crippen molar-refractivity contribution >= 4 is 17.3 Å². The second kappa shape index (κ2) is 7.22. The van der Waals surface area contributed by atoms with E-state index >= 15 is 0 Å². The molecule has 2 aromatic rings. The number of rotatable bonds is 4. The van der Waals surface area contributed by atoms with Crippen LogP contribution in [-0.4, -0.2) is 20.2 Å². The first-order valence-electron chi connectivity index (χ1n) is 8.00. The van der Waals surface area contributed by atoms with E-state index in [0.29, 0.717) is 17.2 Å². The Kier molecular flexibility index (Phi) is 5.06. The average molecular weight is 334 g/mol. The summed E-state index contributed by atoms with van der Waals surface area (Å²) in [5.41, 5.74) is 3.59. The third kappa shape index (κ3) is 3.45. The predicted octanol–water partition coefficient (Wildman–Crippen LogP) is 5.23. The maximum absolute atomic E-state index is 14.4. The van der Waals surface area contributed by atoms with Gasteiger partial charge in [0, 0.05) is 35.8 Å². The molecule has 0 aliphatic carbocycles. The van der Waals surface area contributed by atoms with Gasteiger partial charge in [-0.2, -0.15) is 0 Å². The van der Waals surface area contributed by atoms with Crippen LogP contribution >= 0.6 is 11.6 Å². The molecule has 0 unspecified atom stereocenters. The van der Waals surface area contributed by atoms with E-state index in [1.807, 2.05) is 12.1 Å². The van der Waals surface area contributed by atoms with E-state index in [1.165, 1.54) is 25.3 Å². The van der Waals surface area contributed by atoms with E-state index < -0.39 is 0 Å². The number of piperidine rings is 1. The number of ether oxygens (including phenoxy) is 1. The number of benzene rings is 2. The van der Waals surface area contributed by atoms with Gasteiger partial charge >= 0.3 is 0 Å². The van der Waals surface area contributed by atoms with E-state index in [-0.39, 0.29) is 5.82 Å². The van der Waals surface area contributed by atoms with Gasteiger partial charge in [-0.15, -0.1) is 11.6 Å². The molecule has 0 atom stereocenters. The first kappa shape index (κ1) is 16.1. The minimum Gasteiger partial charge on any atom is -0.497 e. The van der Waals surface area contributed by atoms with Crippen molar-refractivity contribution in [1.29, 1.82) is 0 Å². The molecule has 1 aliphatic heterocycles. The third-order valence-electron chi connectivity index (χ3n) is 4.38. The number of hydrogen-bond acceptors (Lipinski definition) is 2. The highest BCUT2D eigenvalue weighted by Gasteiger charge is 2.18. The summed E-state index contributed by atoms with van der Waals surface area (Å²) >= 11 is 6.00. The first-order valence-corrected chi connectivity index (χ1v) is 8.54. The average Bonchev–Trinajstić information content (AvgIpc) is 2.62. The lowest BCUT2D eigenvalue weighted by atomic mass is 9.98. The Morgan fingerprint density at radius 1 is 1.04 bits per heavy atom. The topological polar surface area (TPSA) is 12.5 Å². The van der Waals surface area contributed by atoms with Crippen LogP contribution in [0.4, 0.5) is 10.1 Å². The molecule has 0 N–H and O–H groups in total. The number of alkyl halides is 1. The van der Waals surface area contributed by atoms with Crippen molar-refractivity contribution in [3.8, 4) is 16.9 Å². The lowest BCUT2D eigenvalue weighted by molar-refractivity contribution is 0.414. The van der Waals surface area contributed by atoms with Crippen LogP contribution < -0.4 is 9.64 Å². The monoisotopic (exact) mass is 333 g/mol. The Hall–Kier alpha value is -1.74. The van der Waals surface area contributed by atoms with Crippen molar-refractivity contribution in [2.24, 2.45) is 0 Å². The molecule has 3 rings (SSSR count). The molecule has 122 valence electrons. The number of hydrogen-bond donors (Lipinski definition) is 0. The summed E-state index contributed by atoms with van der Waals surface area (Å²) in [7, 11) is 1.60. The molecule has 0 amide bonds. The van der Waals surface area contributed by atoms with Gasteiger partial charge in [-0.25, -0.2) is 4.39 Å². The van der Waals surface area contributed by atoms with Crippen LogP contribution in [0.25, 0.3) is 11.1 Å². The molecule has 0 bridgehead atoms. The maximum Gasteiger partial charge on any atom is 0.131 e. The van der Waals surface area contributed by atoms with Crippen molar-refractivity contribution in [3.05, 3.63) is 47.8 Å². The summed E-state index contributed by atoms with van der Waals surface area (Å²) in [5.74, 6) is 0.886. The molecule has 0 saturated carbocycles. The van der Waals surface area contributed by atoms with Crippen LogP contribution in [0.5, 0.6) is 5.75 Å². The van der Waals surface area contributed by atoms with Gasteiger partial charge < -0.3 is 9.64 Å². The molecule has 2 aromatic carbocycles. The number of halogens is 2. The number of anilines is 1. The van der Waals surface area contributed by atoms with Crippen molar-refractivity contribution in [2.75, 3.05) is 25.1 Å². The Morgan fingerprint density at radius 3 is 2.52 bits per heavy atom. The van der Waals surface area contributed by atoms with E-state index in [2.05, 4.69) is 11.0 Å². The van der Waals surface area contributed by atoms with Gasteiger partial charge in [0.05, 0.1) is 7.11 Å². The second-order valence-electron chi connectivity index (χ2n) is 5.88. The summed E-state index contributed by atoms with van der Waals surface area (Å²) in [5, 5.41) is 0. The molecule has 4 heteroatoms. The fraction of sp³-hybridized carbons (Fsp3) is 0.368. The molecule has 1 fully saturated rings. The number of nitrogens with zero attached hydrogens (tertiary/aromatic N) is 1. The van der Waals surface area contributed by atoms with Crippen LogP contribution in [0.2, 0.25) is 0 Å². The molecule has 23 heavy (non-hydrogen) atoms. The lowest BCUT2D eigenvalue weighted by Crippen LogP contribution is -2.30. The van der Waals surface area contributed by atoms with Crippen molar-refractivity contribution < 1.29 is 9.13 Å². The molecule has 1 heterocycles. The van der Waals surface area contributed by atoms with Crippen LogP contribution in [0, 0.1) is 5.82 Å². The second-order valence-corrected chi connectivity index (χ2v) is 6.15. The first-order chi connectivity index (χ1) is 11.2. The summed E-state index contributed by atoms with van der Waals surface area (Å²) < 4.78 is 19.7. The Balaban J connectivity index is 2.10. The van der Waals surface area contributed by atoms with Crippen LogP contribution in [0.15, 0.2) is 36.4 Å². The van der Waals surface area contributed by atoms with Gasteiger partial charge in [0.15, 0.2) is 0 Å². The van der Waals surface area contributed by atoms with Gasteiger partial charge in [0.25, 0.3) is 0 Å². The highest BCUT2D eigenvalue weighted by atomic mass is 35.5. The third-order valence-corrected chi connectivity index (χ3v) is 4.69. The largest absolute Gasteiger partial charge is 0.497 e. The van der Waals surface area contributed by atoms with E-state index in [1.54, 1.807) is 19.2 Å². The molecular formula is C19H21ClFNO. The van der Waals surface area contributed by atoms with Gasteiger partial charge in [0.1, 0.15) is 11.6 Å². The number of methoxy groups -OCH3 is 1. The van der Waals surface area contributed by atoms with Gasteiger partial charge in [-0.05, 0) is 49.1 Å². The van der Waals surface area contributed by atoms with Crippen molar-refractivity contribution in [3.63, 3.8) is 0 Å². The maximum atomic E-state index is 14.4. The SMILES string of the molecule is COc1ccc(F)c(-c2ccc(CCl)cc2N2CCCCC2)c1. The highest BCUT2D eigenvalue weighted by Crippen LogP contribution is 2.36. The zero-order chi connectivity index (χ0) is 16.2. The predicted molar refractivity (Wildman–Crippen MR) is 94.0 cm³/mol. The Labute approximate surface area is 141 Å². The molecule has 1 aliphatic rings. The highest BCUT2D eigenvalue weighted by molar-refractivity contribution is 6.17. The lowest BCUT2D eigenvalue weighted by Gasteiger charge is -2.31. The van der Waals surface area contributed by atoms with E-state index in [9.17, 15) is 4.39 Å². The molecule has 0 spiro atoms. The summed E-state index contributed by atoms with van der Waals surface area (Å²) in [4.78, 5) is 2.34. The molecule has 1 saturated heterocycles. The standard InChI is InChI=1S/C19H21ClFNO/c1-23-15-6-8-18(21)17(12-15)16-7-5-14(13-20)11-19(16)22-9-3-2-4-10-22/h5-8,11-12H,2-4,9-10,13H2,1H3. The Morgan fingerprint density at radius 2 is 1.83 bits per heavy atom. The minimum atomic E-state index is -0.234. The summed E-state index contributed by atoms with van der Waals surface area (Å²) in [6.45, 7) is 2.01. The summed E-state index contributed by atoms with van der Waals surface area (Å²) in [6, 6.07) is 10.9. The normalized spacial score (nSPS) is 14.8. The van der Waals surface area contributed by atoms with Gasteiger partial charge in [-0.1, -0.05) is 12.1 Å². The molecular weight excluding hydrogens is 313 g/mol. The van der Waals surface area contributed by atoms with Gasteiger partial charge in [-0.3, -0.25) is 0 Å². The van der Waals surface area contributed by atoms with Crippen LogP contribution in [-0.2, 0) is 5.88 Å². The zero-order valence-corrected chi connectivity index (χ0v) is 14.1. The van der Waals surface area contributed by atoms with Crippen molar-refractivity contribution in [1.82, 2.24) is 0 Å². The summed E-state index contributed by atoms with van der Waals surface area (Å²) in [6.07, 6.45) is 3.60. The Bertz CT molecular complexity index is 683. The fourth-order valence-corrected chi connectivity index (χ4v) is 3.29.